The third kappa shape index (κ3) is 3.28. The van der Waals surface area contributed by atoms with Crippen LogP contribution in [0.3, 0.4) is 0 Å². The third-order valence-corrected chi connectivity index (χ3v) is 5.47. The number of hydrogen-bond donors (Lipinski definition) is 2. The summed E-state index contributed by atoms with van der Waals surface area (Å²) in [6.45, 7) is 7.26. The maximum absolute atomic E-state index is 10.3. The van der Waals surface area contributed by atoms with Gasteiger partial charge in [-0.3, -0.25) is 0 Å². The van der Waals surface area contributed by atoms with Crippen LogP contribution in [0.4, 0.5) is 5.69 Å². The van der Waals surface area contributed by atoms with E-state index in [4.69, 9.17) is 4.74 Å². The van der Waals surface area contributed by atoms with Gasteiger partial charge in [0.05, 0.1) is 13.2 Å². The Hall–Kier alpha value is -2.52. The summed E-state index contributed by atoms with van der Waals surface area (Å²) in [5.74, 6) is 0.847. The van der Waals surface area contributed by atoms with Crippen LogP contribution in [0.15, 0.2) is 48.5 Å². The smallest absolute Gasteiger partial charge is 0.119 e. The molecule has 1 aliphatic heterocycles. The second kappa shape index (κ2) is 6.58. The molecule has 3 aromatic carbocycles. The van der Waals surface area contributed by atoms with Gasteiger partial charge in [0, 0.05) is 24.0 Å². The number of benzene rings is 3. The average molecular weight is 361 g/mol. The number of hydrogen-bond acceptors (Lipinski definition) is 3. The van der Waals surface area contributed by atoms with Gasteiger partial charge in [-0.2, -0.15) is 0 Å². The first-order chi connectivity index (χ1) is 12.9. The Morgan fingerprint density at radius 1 is 1.04 bits per heavy atom. The Morgan fingerprint density at radius 3 is 2.44 bits per heavy atom. The van der Waals surface area contributed by atoms with Crippen LogP contribution >= 0.6 is 0 Å². The monoisotopic (exact) mass is 361 g/mol. The number of rotatable bonds is 2. The molecular weight excluding hydrogens is 334 g/mol. The third-order valence-electron chi connectivity index (χ3n) is 5.47. The Bertz CT molecular complexity index is 984. The molecule has 0 aliphatic carbocycles. The minimum Gasteiger partial charge on any atom is -0.497 e. The molecule has 0 unspecified atom stereocenters. The van der Waals surface area contributed by atoms with Crippen molar-refractivity contribution in [1.82, 2.24) is 0 Å². The molecule has 4 rings (SSSR count). The lowest BCUT2D eigenvalue weighted by Gasteiger charge is -2.27. The first-order valence-corrected chi connectivity index (χ1v) is 9.53. The van der Waals surface area contributed by atoms with Crippen molar-refractivity contribution in [2.75, 3.05) is 19.0 Å². The van der Waals surface area contributed by atoms with E-state index < -0.39 is 0 Å². The number of β-amino-alcohol motifs (C(OH)–C–C–N with tert-alkyl or cyclic N) is 1. The van der Waals surface area contributed by atoms with Gasteiger partial charge in [0.2, 0.25) is 0 Å². The van der Waals surface area contributed by atoms with Crippen LogP contribution in [0, 0.1) is 0 Å². The second-order valence-electron chi connectivity index (χ2n) is 8.43. The molecule has 0 radical (unpaired) electrons. The zero-order chi connectivity index (χ0) is 19.2. The molecule has 0 amide bonds. The first kappa shape index (κ1) is 17.9. The van der Waals surface area contributed by atoms with Crippen molar-refractivity contribution in [1.29, 1.82) is 0 Å². The van der Waals surface area contributed by atoms with E-state index in [0.717, 1.165) is 16.8 Å². The minimum atomic E-state index is -0.367. The SMILES string of the molecule is COc1ccc2cc(-c3ccc(C(C)(C)C)cc3)c3c(c2c1)NC[C@H](O)C3. The zero-order valence-electron chi connectivity index (χ0n) is 16.5. The first-order valence-electron chi connectivity index (χ1n) is 9.53. The molecule has 27 heavy (non-hydrogen) atoms. The van der Waals surface area contributed by atoms with Gasteiger partial charge in [-0.15, -0.1) is 0 Å². The van der Waals surface area contributed by atoms with E-state index in [0.29, 0.717) is 13.0 Å². The van der Waals surface area contributed by atoms with Gasteiger partial charge in [-0.25, -0.2) is 0 Å². The van der Waals surface area contributed by atoms with Crippen molar-refractivity contribution in [2.24, 2.45) is 0 Å². The number of anilines is 1. The van der Waals surface area contributed by atoms with Gasteiger partial charge in [0.25, 0.3) is 0 Å². The second-order valence-corrected chi connectivity index (χ2v) is 8.43. The molecular formula is C24H27NO2. The summed E-state index contributed by atoms with van der Waals surface area (Å²) in [4.78, 5) is 0. The normalized spacial score (nSPS) is 16.7. The average Bonchev–Trinajstić information content (AvgIpc) is 2.66. The van der Waals surface area contributed by atoms with Crippen molar-refractivity contribution < 1.29 is 9.84 Å². The molecule has 0 spiro atoms. The molecule has 1 heterocycles. The number of ether oxygens (including phenoxy) is 1. The number of aliphatic hydroxyl groups is 1. The largest absolute Gasteiger partial charge is 0.497 e. The Labute approximate surface area is 161 Å². The molecule has 2 N–H and O–H groups in total. The van der Waals surface area contributed by atoms with Crippen molar-refractivity contribution in [3.8, 4) is 16.9 Å². The summed E-state index contributed by atoms with van der Waals surface area (Å²) in [7, 11) is 1.69. The Balaban J connectivity index is 1.91. The van der Waals surface area contributed by atoms with Crippen LogP contribution in [0.5, 0.6) is 5.75 Å². The predicted octanol–water partition coefficient (Wildman–Crippen LogP) is 5.14. The van der Waals surface area contributed by atoms with Crippen LogP contribution in [0.2, 0.25) is 0 Å². The van der Waals surface area contributed by atoms with Gasteiger partial charge >= 0.3 is 0 Å². The van der Waals surface area contributed by atoms with Crippen molar-refractivity contribution in [2.45, 2.75) is 38.7 Å². The highest BCUT2D eigenvalue weighted by molar-refractivity contribution is 6.01. The summed E-state index contributed by atoms with van der Waals surface area (Å²) in [6, 6.07) is 17.2. The minimum absolute atomic E-state index is 0.135. The topological polar surface area (TPSA) is 41.5 Å². The van der Waals surface area contributed by atoms with E-state index in [1.807, 2.05) is 6.07 Å². The van der Waals surface area contributed by atoms with E-state index in [1.165, 1.54) is 27.6 Å². The standard InChI is InChI=1S/C24H27NO2/c1-24(2,3)17-8-5-15(6-9-17)20-11-16-7-10-19(27-4)13-21(16)23-22(20)12-18(26)14-25-23/h5-11,13,18,25-26H,12,14H2,1-4H3/t18-/m1/s1. The Kier molecular flexibility index (Phi) is 4.35. The molecule has 0 aromatic heterocycles. The van der Waals surface area contributed by atoms with E-state index in [2.05, 4.69) is 68.6 Å². The lowest BCUT2D eigenvalue weighted by Crippen LogP contribution is -2.28. The molecule has 0 fully saturated rings. The summed E-state index contributed by atoms with van der Waals surface area (Å²) in [5.41, 5.74) is 6.13. The molecule has 3 heteroatoms. The van der Waals surface area contributed by atoms with Crippen molar-refractivity contribution >= 4 is 16.5 Å². The lowest BCUT2D eigenvalue weighted by molar-refractivity contribution is 0.185. The van der Waals surface area contributed by atoms with Crippen molar-refractivity contribution in [3.63, 3.8) is 0 Å². The summed E-state index contributed by atoms with van der Waals surface area (Å²) in [5, 5.41) is 16.0. The predicted molar refractivity (Wildman–Crippen MR) is 113 cm³/mol. The van der Waals surface area contributed by atoms with Crippen molar-refractivity contribution in [3.05, 3.63) is 59.7 Å². The molecule has 0 bridgehead atoms. The summed E-state index contributed by atoms with van der Waals surface area (Å²) >= 11 is 0. The van der Waals surface area contributed by atoms with Crippen LogP contribution in [-0.4, -0.2) is 24.9 Å². The molecule has 3 nitrogen and oxygen atoms in total. The zero-order valence-corrected chi connectivity index (χ0v) is 16.5. The molecule has 140 valence electrons. The molecule has 0 saturated carbocycles. The fraction of sp³-hybridized carbons (Fsp3) is 0.333. The maximum Gasteiger partial charge on any atom is 0.119 e. The van der Waals surface area contributed by atoms with Crippen LogP contribution in [0.25, 0.3) is 21.9 Å². The quantitative estimate of drug-likeness (QED) is 0.664. The van der Waals surface area contributed by atoms with Gasteiger partial charge in [0.1, 0.15) is 5.75 Å². The number of fused-ring (bicyclic) bond motifs is 3. The van der Waals surface area contributed by atoms with Crippen LogP contribution in [-0.2, 0) is 11.8 Å². The highest BCUT2D eigenvalue weighted by Gasteiger charge is 2.23. The van der Waals surface area contributed by atoms with Gasteiger partial charge in [-0.1, -0.05) is 51.1 Å². The summed E-state index contributed by atoms with van der Waals surface area (Å²) in [6.07, 6.45) is 0.291. The van der Waals surface area contributed by atoms with E-state index in [1.54, 1.807) is 7.11 Å². The van der Waals surface area contributed by atoms with E-state index >= 15 is 0 Å². The molecule has 3 aromatic rings. The van der Waals surface area contributed by atoms with Gasteiger partial charge in [-0.05, 0) is 51.3 Å². The fourth-order valence-corrected chi connectivity index (χ4v) is 3.89. The number of methoxy groups -OCH3 is 1. The van der Waals surface area contributed by atoms with Crippen LogP contribution in [0.1, 0.15) is 31.9 Å². The van der Waals surface area contributed by atoms with Gasteiger partial charge < -0.3 is 15.2 Å². The van der Waals surface area contributed by atoms with E-state index in [-0.39, 0.29) is 11.5 Å². The lowest BCUT2D eigenvalue weighted by atomic mass is 9.84. The summed E-state index contributed by atoms with van der Waals surface area (Å²) < 4.78 is 5.42. The van der Waals surface area contributed by atoms with Crippen LogP contribution < -0.4 is 10.1 Å². The molecule has 1 atom stereocenters. The molecule has 0 saturated heterocycles. The maximum atomic E-state index is 10.3. The number of aliphatic hydroxyl groups excluding tert-OH is 1. The van der Waals surface area contributed by atoms with Gasteiger partial charge in [0.15, 0.2) is 0 Å². The highest BCUT2D eigenvalue weighted by Crippen LogP contribution is 2.40. The highest BCUT2D eigenvalue weighted by atomic mass is 16.5. The number of nitrogens with one attached hydrogen (secondary N) is 1. The molecule has 1 aliphatic rings. The fourth-order valence-electron chi connectivity index (χ4n) is 3.89. The Morgan fingerprint density at radius 2 is 1.78 bits per heavy atom. The van der Waals surface area contributed by atoms with E-state index in [9.17, 15) is 5.11 Å².